The minimum Gasteiger partial charge on any atom is -0.347 e. The first-order valence-electron chi connectivity index (χ1n) is 8.18. The van der Waals surface area contributed by atoms with Crippen LogP contribution in [0.25, 0.3) is 0 Å². The van der Waals surface area contributed by atoms with Crippen molar-refractivity contribution in [2.45, 2.75) is 70.9 Å². The normalized spacial score (nSPS) is 30.0. The van der Waals surface area contributed by atoms with E-state index in [0.29, 0.717) is 24.0 Å². The van der Waals surface area contributed by atoms with Crippen LogP contribution in [0, 0.1) is 5.92 Å². The molecule has 20 heavy (non-hydrogen) atoms. The molecule has 1 spiro atoms. The Balaban J connectivity index is 2.13. The lowest BCUT2D eigenvalue weighted by atomic mass is 9.83. The van der Waals surface area contributed by atoms with Gasteiger partial charge in [-0.3, -0.25) is 4.90 Å². The van der Waals surface area contributed by atoms with Crippen LogP contribution in [0.2, 0.25) is 0 Å². The van der Waals surface area contributed by atoms with Gasteiger partial charge in [-0.25, -0.2) is 0 Å². The molecule has 1 heterocycles. The Bertz CT molecular complexity index is 301. The third-order valence-corrected chi connectivity index (χ3v) is 4.67. The Labute approximate surface area is 124 Å². The molecule has 0 radical (unpaired) electrons. The van der Waals surface area contributed by atoms with E-state index in [9.17, 15) is 0 Å². The lowest BCUT2D eigenvalue weighted by molar-refractivity contribution is -0.195. The molecular formula is C16H32N2O2. The maximum Gasteiger partial charge on any atom is 0.170 e. The first-order chi connectivity index (χ1) is 9.47. The molecule has 0 bridgehead atoms. The second-order valence-electron chi connectivity index (χ2n) is 7.00. The van der Waals surface area contributed by atoms with Crippen LogP contribution in [0.3, 0.4) is 0 Å². The second-order valence-corrected chi connectivity index (χ2v) is 7.00. The number of nitrogens with zero attached hydrogens (tertiary/aromatic N) is 1. The molecule has 1 N–H and O–H groups in total. The van der Waals surface area contributed by atoms with Crippen molar-refractivity contribution >= 4 is 0 Å². The fraction of sp³-hybridized carbons (Fsp3) is 1.00. The molecule has 0 amide bonds. The van der Waals surface area contributed by atoms with Gasteiger partial charge < -0.3 is 14.8 Å². The van der Waals surface area contributed by atoms with Gasteiger partial charge in [-0.2, -0.15) is 0 Å². The van der Waals surface area contributed by atoms with Crippen molar-refractivity contribution < 1.29 is 9.47 Å². The number of hydrogen-bond donors (Lipinski definition) is 1. The fourth-order valence-corrected chi connectivity index (χ4v) is 3.73. The zero-order valence-electron chi connectivity index (χ0n) is 13.8. The minimum atomic E-state index is -0.303. The van der Waals surface area contributed by atoms with Crippen LogP contribution in [-0.2, 0) is 9.47 Å². The highest BCUT2D eigenvalue weighted by molar-refractivity contribution is 4.97. The Hall–Kier alpha value is -0.160. The molecule has 2 unspecified atom stereocenters. The van der Waals surface area contributed by atoms with E-state index in [-0.39, 0.29) is 5.79 Å². The molecule has 0 aromatic heterocycles. The summed E-state index contributed by atoms with van der Waals surface area (Å²) in [6, 6.07) is 1.58. The van der Waals surface area contributed by atoms with Gasteiger partial charge in [0.2, 0.25) is 0 Å². The van der Waals surface area contributed by atoms with Crippen molar-refractivity contribution in [1.29, 1.82) is 0 Å². The molecule has 1 saturated heterocycles. The van der Waals surface area contributed by atoms with Crippen LogP contribution < -0.4 is 5.32 Å². The van der Waals surface area contributed by atoms with E-state index in [1.165, 1.54) is 0 Å². The summed E-state index contributed by atoms with van der Waals surface area (Å²) in [6.45, 7) is 11.8. The Kier molecular flexibility index (Phi) is 5.46. The van der Waals surface area contributed by atoms with Gasteiger partial charge in [-0.15, -0.1) is 0 Å². The summed E-state index contributed by atoms with van der Waals surface area (Å²) in [4.78, 5) is 2.64. The molecule has 2 atom stereocenters. The summed E-state index contributed by atoms with van der Waals surface area (Å²) in [7, 11) is 2.08. The van der Waals surface area contributed by atoms with Crippen LogP contribution in [-0.4, -0.2) is 55.6 Å². The summed E-state index contributed by atoms with van der Waals surface area (Å²) < 4.78 is 11.9. The van der Waals surface area contributed by atoms with Crippen LogP contribution >= 0.6 is 0 Å². The molecule has 1 aliphatic heterocycles. The topological polar surface area (TPSA) is 33.7 Å². The summed E-state index contributed by atoms with van der Waals surface area (Å²) in [5.74, 6) is 0.375. The van der Waals surface area contributed by atoms with Crippen LogP contribution in [0.15, 0.2) is 0 Å². The number of rotatable bonds is 5. The maximum atomic E-state index is 5.96. The first kappa shape index (κ1) is 16.2. The van der Waals surface area contributed by atoms with Crippen molar-refractivity contribution in [3.8, 4) is 0 Å². The van der Waals surface area contributed by atoms with Gasteiger partial charge in [0.25, 0.3) is 0 Å². The third kappa shape index (κ3) is 3.53. The van der Waals surface area contributed by atoms with Crippen LogP contribution in [0.5, 0.6) is 0 Å². The van der Waals surface area contributed by atoms with Crippen LogP contribution in [0.4, 0.5) is 0 Å². The SMILES string of the molecule is CNC1CCC2(CC1N(CC(C)C)C(C)C)OCCO2. The van der Waals surface area contributed by atoms with Gasteiger partial charge in [-0.05, 0) is 33.2 Å². The lowest BCUT2D eigenvalue weighted by Gasteiger charge is -2.47. The molecule has 1 saturated carbocycles. The number of hydrogen-bond acceptors (Lipinski definition) is 4. The standard InChI is InChI=1S/C16H32N2O2/c1-12(2)11-18(13(3)4)15-10-16(19-8-9-20-16)7-6-14(15)17-5/h12-15,17H,6-11H2,1-5H3. The van der Waals surface area contributed by atoms with Crippen molar-refractivity contribution in [2.24, 2.45) is 5.92 Å². The molecule has 0 aromatic carbocycles. The van der Waals surface area contributed by atoms with E-state index in [1.807, 2.05) is 0 Å². The molecule has 118 valence electrons. The third-order valence-electron chi connectivity index (χ3n) is 4.67. The van der Waals surface area contributed by atoms with E-state index < -0.39 is 0 Å². The summed E-state index contributed by atoms with van der Waals surface area (Å²) in [5.41, 5.74) is 0. The molecule has 2 rings (SSSR count). The Morgan fingerprint density at radius 1 is 1.20 bits per heavy atom. The molecule has 2 fully saturated rings. The highest BCUT2D eigenvalue weighted by Gasteiger charge is 2.46. The molecule has 4 heteroatoms. The van der Waals surface area contributed by atoms with Crippen molar-refractivity contribution in [3.05, 3.63) is 0 Å². The lowest BCUT2D eigenvalue weighted by Crippen LogP contribution is -2.59. The zero-order valence-corrected chi connectivity index (χ0v) is 13.8. The summed E-state index contributed by atoms with van der Waals surface area (Å²) in [5, 5.41) is 3.52. The minimum absolute atomic E-state index is 0.303. The summed E-state index contributed by atoms with van der Waals surface area (Å²) in [6.07, 6.45) is 3.13. The van der Waals surface area contributed by atoms with Crippen molar-refractivity contribution in [2.75, 3.05) is 26.8 Å². The predicted octanol–water partition coefficient (Wildman–Crippen LogP) is 2.24. The fourth-order valence-electron chi connectivity index (χ4n) is 3.73. The predicted molar refractivity (Wildman–Crippen MR) is 81.8 cm³/mol. The molecule has 2 aliphatic rings. The maximum absolute atomic E-state index is 5.96. The van der Waals surface area contributed by atoms with E-state index in [4.69, 9.17) is 9.47 Å². The second kappa shape index (κ2) is 6.73. The van der Waals surface area contributed by atoms with Gasteiger partial charge in [0, 0.05) is 37.5 Å². The van der Waals surface area contributed by atoms with Crippen molar-refractivity contribution in [1.82, 2.24) is 10.2 Å². The van der Waals surface area contributed by atoms with E-state index in [2.05, 4.69) is 45.0 Å². The van der Waals surface area contributed by atoms with Gasteiger partial charge >= 0.3 is 0 Å². The quantitative estimate of drug-likeness (QED) is 0.839. The highest BCUT2D eigenvalue weighted by Crippen LogP contribution is 2.38. The van der Waals surface area contributed by atoms with Crippen molar-refractivity contribution in [3.63, 3.8) is 0 Å². The molecule has 1 aliphatic carbocycles. The average Bonchev–Trinajstić information content (AvgIpc) is 2.84. The summed E-state index contributed by atoms with van der Waals surface area (Å²) >= 11 is 0. The van der Waals surface area contributed by atoms with Gasteiger partial charge in [0.15, 0.2) is 5.79 Å². The zero-order chi connectivity index (χ0) is 14.8. The molecule has 0 aromatic rings. The monoisotopic (exact) mass is 284 g/mol. The smallest absolute Gasteiger partial charge is 0.170 e. The van der Waals surface area contributed by atoms with Gasteiger partial charge in [-0.1, -0.05) is 13.8 Å². The molecule has 4 nitrogen and oxygen atoms in total. The van der Waals surface area contributed by atoms with Gasteiger partial charge in [0.05, 0.1) is 13.2 Å². The highest BCUT2D eigenvalue weighted by atomic mass is 16.7. The number of likely N-dealkylation sites (N-methyl/N-ethyl adjacent to an activating group) is 1. The molecular weight excluding hydrogens is 252 g/mol. The first-order valence-corrected chi connectivity index (χ1v) is 8.18. The largest absolute Gasteiger partial charge is 0.347 e. The van der Waals surface area contributed by atoms with E-state index in [1.54, 1.807) is 0 Å². The Morgan fingerprint density at radius 2 is 1.85 bits per heavy atom. The van der Waals surface area contributed by atoms with E-state index in [0.717, 1.165) is 39.0 Å². The average molecular weight is 284 g/mol. The van der Waals surface area contributed by atoms with Gasteiger partial charge in [0.1, 0.15) is 0 Å². The number of ether oxygens (including phenoxy) is 2. The van der Waals surface area contributed by atoms with E-state index >= 15 is 0 Å². The Morgan fingerprint density at radius 3 is 2.35 bits per heavy atom. The number of nitrogens with one attached hydrogen (secondary N) is 1. The van der Waals surface area contributed by atoms with Crippen LogP contribution in [0.1, 0.15) is 47.0 Å².